The maximum Gasteiger partial charge on any atom is 0.257 e. The van der Waals surface area contributed by atoms with Crippen LogP contribution in [0.2, 0.25) is 5.02 Å². The average molecular weight is 387 g/mol. The van der Waals surface area contributed by atoms with Gasteiger partial charge in [0.2, 0.25) is 0 Å². The molecular weight excluding hydrogens is 368 g/mol. The lowest BCUT2D eigenvalue weighted by Gasteiger charge is -2.22. The minimum absolute atomic E-state index is 0.144. The molecule has 1 saturated carbocycles. The Bertz CT molecular complexity index is 898. The van der Waals surface area contributed by atoms with E-state index in [1.165, 1.54) is 6.42 Å². The van der Waals surface area contributed by atoms with E-state index in [1.54, 1.807) is 17.4 Å². The van der Waals surface area contributed by atoms with Gasteiger partial charge in [0, 0.05) is 22.5 Å². The van der Waals surface area contributed by atoms with E-state index in [2.05, 4.69) is 10.5 Å². The number of carbonyl (C=O) groups excluding carboxylic acids is 1. The van der Waals surface area contributed by atoms with Crippen LogP contribution in [0.25, 0.3) is 22.6 Å². The molecule has 0 spiro atoms. The molecule has 0 aliphatic heterocycles. The molecule has 6 heteroatoms. The van der Waals surface area contributed by atoms with E-state index in [1.807, 2.05) is 35.0 Å². The lowest BCUT2D eigenvalue weighted by Crippen LogP contribution is -2.36. The zero-order valence-electron chi connectivity index (χ0n) is 14.2. The molecule has 1 aliphatic rings. The van der Waals surface area contributed by atoms with Crippen molar-refractivity contribution in [1.82, 2.24) is 10.5 Å². The van der Waals surface area contributed by atoms with Gasteiger partial charge >= 0.3 is 0 Å². The molecule has 0 bridgehead atoms. The number of amides is 1. The topological polar surface area (TPSA) is 55.1 Å². The number of rotatable bonds is 4. The van der Waals surface area contributed by atoms with E-state index in [4.69, 9.17) is 16.1 Å². The molecule has 4 nitrogen and oxygen atoms in total. The molecule has 1 fully saturated rings. The Morgan fingerprint density at radius 2 is 2.00 bits per heavy atom. The van der Waals surface area contributed by atoms with Crippen LogP contribution < -0.4 is 5.32 Å². The van der Waals surface area contributed by atoms with E-state index in [0.717, 1.165) is 31.2 Å². The first-order chi connectivity index (χ1) is 12.7. The highest BCUT2D eigenvalue weighted by atomic mass is 35.5. The molecule has 3 aromatic rings. The molecule has 1 N–H and O–H groups in total. The summed E-state index contributed by atoms with van der Waals surface area (Å²) in [5.41, 5.74) is 2.51. The SMILES string of the molecule is O=C(NC1CCCCC1)c1c(-c2ccccc2Cl)noc1-c1ccsc1. The first kappa shape index (κ1) is 17.3. The largest absolute Gasteiger partial charge is 0.355 e. The smallest absolute Gasteiger partial charge is 0.257 e. The molecule has 1 amide bonds. The summed E-state index contributed by atoms with van der Waals surface area (Å²) in [6, 6.07) is 9.52. The quantitative estimate of drug-likeness (QED) is 0.617. The van der Waals surface area contributed by atoms with Gasteiger partial charge in [-0.15, -0.1) is 0 Å². The van der Waals surface area contributed by atoms with Crippen molar-refractivity contribution >= 4 is 28.8 Å². The van der Waals surface area contributed by atoms with Crippen molar-refractivity contribution in [3.63, 3.8) is 0 Å². The minimum Gasteiger partial charge on any atom is -0.355 e. The third-order valence-corrected chi connectivity index (χ3v) is 5.78. The van der Waals surface area contributed by atoms with Crippen molar-refractivity contribution in [1.29, 1.82) is 0 Å². The fourth-order valence-electron chi connectivity index (χ4n) is 3.43. The summed E-state index contributed by atoms with van der Waals surface area (Å²) in [7, 11) is 0. The standard InChI is InChI=1S/C20H19ClN2O2S/c21-16-9-5-4-8-15(16)18-17(19(25-23-18)13-10-11-26-12-13)20(24)22-14-6-2-1-3-7-14/h4-5,8-12,14H,1-3,6-7H2,(H,22,24). The van der Waals surface area contributed by atoms with Gasteiger partial charge in [0.25, 0.3) is 5.91 Å². The monoisotopic (exact) mass is 386 g/mol. The second-order valence-corrected chi connectivity index (χ2v) is 7.72. The van der Waals surface area contributed by atoms with Gasteiger partial charge in [-0.2, -0.15) is 11.3 Å². The molecule has 1 aromatic carbocycles. The van der Waals surface area contributed by atoms with Gasteiger partial charge in [0.1, 0.15) is 11.3 Å². The van der Waals surface area contributed by atoms with E-state index in [-0.39, 0.29) is 11.9 Å². The van der Waals surface area contributed by atoms with Crippen molar-refractivity contribution in [3.05, 3.63) is 51.7 Å². The second-order valence-electron chi connectivity index (χ2n) is 6.54. The van der Waals surface area contributed by atoms with Crippen molar-refractivity contribution in [3.8, 4) is 22.6 Å². The number of hydrogen-bond donors (Lipinski definition) is 1. The summed E-state index contributed by atoms with van der Waals surface area (Å²) in [6.07, 6.45) is 5.59. The number of aromatic nitrogens is 1. The summed E-state index contributed by atoms with van der Waals surface area (Å²) < 4.78 is 5.60. The molecule has 0 atom stereocenters. The highest BCUT2D eigenvalue weighted by molar-refractivity contribution is 7.08. The van der Waals surface area contributed by atoms with Crippen LogP contribution in [0, 0.1) is 0 Å². The number of nitrogens with one attached hydrogen (secondary N) is 1. The summed E-state index contributed by atoms with van der Waals surface area (Å²) >= 11 is 7.90. The van der Waals surface area contributed by atoms with Crippen LogP contribution in [0.4, 0.5) is 0 Å². The van der Waals surface area contributed by atoms with Crippen LogP contribution in [-0.4, -0.2) is 17.1 Å². The number of nitrogens with zero attached hydrogens (tertiary/aromatic N) is 1. The summed E-state index contributed by atoms with van der Waals surface area (Å²) in [5, 5.41) is 11.8. The van der Waals surface area contributed by atoms with Crippen LogP contribution in [0.1, 0.15) is 42.5 Å². The number of carbonyl (C=O) groups is 1. The second kappa shape index (κ2) is 7.64. The Hall–Kier alpha value is -2.11. The Morgan fingerprint density at radius 3 is 2.73 bits per heavy atom. The highest BCUT2D eigenvalue weighted by Crippen LogP contribution is 2.36. The van der Waals surface area contributed by atoms with Crippen molar-refractivity contribution in [2.24, 2.45) is 0 Å². The van der Waals surface area contributed by atoms with E-state index in [9.17, 15) is 4.79 Å². The van der Waals surface area contributed by atoms with Gasteiger partial charge in [-0.25, -0.2) is 0 Å². The molecule has 1 aliphatic carbocycles. The van der Waals surface area contributed by atoms with Crippen LogP contribution in [0.3, 0.4) is 0 Å². The minimum atomic E-state index is -0.144. The Kier molecular flexibility index (Phi) is 5.09. The maximum absolute atomic E-state index is 13.1. The zero-order chi connectivity index (χ0) is 17.9. The molecule has 26 heavy (non-hydrogen) atoms. The van der Waals surface area contributed by atoms with Crippen LogP contribution >= 0.6 is 22.9 Å². The number of halogens is 1. The molecule has 4 rings (SSSR count). The van der Waals surface area contributed by atoms with Gasteiger partial charge < -0.3 is 9.84 Å². The third-order valence-electron chi connectivity index (χ3n) is 4.77. The van der Waals surface area contributed by atoms with Gasteiger partial charge in [-0.05, 0) is 30.4 Å². The average Bonchev–Trinajstić information content (AvgIpc) is 3.32. The van der Waals surface area contributed by atoms with Crippen LogP contribution in [0.15, 0.2) is 45.6 Å². The van der Waals surface area contributed by atoms with Crippen LogP contribution in [-0.2, 0) is 0 Å². The Morgan fingerprint density at radius 1 is 1.19 bits per heavy atom. The molecule has 0 unspecified atom stereocenters. The zero-order valence-corrected chi connectivity index (χ0v) is 15.8. The molecule has 0 saturated heterocycles. The Labute approximate surface area is 161 Å². The van der Waals surface area contributed by atoms with E-state index in [0.29, 0.717) is 27.6 Å². The van der Waals surface area contributed by atoms with Crippen molar-refractivity contribution < 1.29 is 9.32 Å². The molecule has 0 radical (unpaired) electrons. The Balaban J connectivity index is 1.75. The number of thiophene rings is 1. The molecule has 134 valence electrons. The lowest BCUT2D eigenvalue weighted by molar-refractivity contribution is 0.0928. The van der Waals surface area contributed by atoms with E-state index < -0.39 is 0 Å². The van der Waals surface area contributed by atoms with Crippen LogP contribution in [0.5, 0.6) is 0 Å². The fourth-order valence-corrected chi connectivity index (χ4v) is 4.29. The predicted octanol–water partition coefficient (Wildman–Crippen LogP) is 5.79. The van der Waals surface area contributed by atoms with Gasteiger partial charge in [0.05, 0.1) is 5.02 Å². The van der Waals surface area contributed by atoms with Gasteiger partial charge in [-0.3, -0.25) is 4.79 Å². The fraction of sp³-hybridized carbons (Fsp3) is 0.300. The van der Waals surface area contributed by atoms with Crippen molar-refractivity contribution in [2.75, 3.05) is 0 Å². The van der Waals surface area contributed by atoms with E-state index >= 15 is 0 Å². The summed E-state index contributed by atoms with van der Waals surface area (Å²) in [4.78, 5) is 13.1. The number of benzene rings is 1. The molecular formula is C20H19ClN2O2S. The lowest BCUT2D eigenvalue weighted by atomic mass is 9.95. The number of hydrogen-bond acceptors (Lipinski definition) is 4. The summed E-state index contributed by atoms with van der Waals surface area (Å²) in [5.74, 6) is 0.351. The summed E-state index contributed by atoms with van der Waals surface area (Å²) in [6.45, 7) is 0. The maximum atomic E-state index is 13.1. The van der Waals surface area contributed by atoms with Gasteiger partial charge in [-0.1, -0.05) is 54.2 Å². The van der Waals surface area contributed by atoms with Gasteiger partial charge in [0.15, 0.2) is 5.76 Å². The first-order valence-electron chi connectivity index (χ1n) is 8.82. The van der Waals surface area contributed by atoms with Crippen molar-refractivity contribution in [2.45, 2.75) is 38.1 Å². The molecule has 2 heterocycles. The molecule has 2 aromatic heterocycles. The predicted molar refractivity (Wildman–Crippen MR) is 105 cm³/mol. The third kappa shape index (κ3) is 3.41. The first-order valence-corrected chi connectivity index (χ1v) is 10.1. The normalized spacial score (nSPS) is 15.1. The highest BCUT2D eigenvalue weighted by Gasteiger charge is 2.28.